The monoisotopic (exact) mass is 463 g/mol. The van der Waals surface area contributed by atoms with E-state index in [1.165, 1.54) is 4.90 Å². The first-order valence-electron chi connectivity index (χ1n) is 10.9. The number of aliphatic hydroxyl groups excluding tert-OH is 3. The maximum Gasteiger partial charge on any atom is 0.237 e. The molecule has 7 nitrogen and oxygen atoms in total. The predicted octanol–water partition coefficient (Wildman–Crippen LogP) is 0.811. The van der Waals surface area contributed by atoms with Crippen molar-refractivity contribution in [2.45, 2.75) is 80.4 Å². The molecule has 2 aliphatic rings. The number of carbonyl (C=O) groups is 1. The fraction of sp³-hybridized carbons (Fsp3) is 0.944. The topological polar surface area (TPSA) is 102 Å². The van der Waals surface area contributed by atoms with E-state index in [2.05, 4.69) is 5.32 Å². The molecule has 0 radical (unpaired) electrons. The van der Waals surface area contributed by atoms with Crippen LogP contribution in [-0.2, 0) is 9.53 Å². The van der Waals surface area contributed by atoms with E-state index in [0.717, 1.165) is 24.6 Å². The number of ether oxygens (including phenoxy) is 1. The number of nitrogens with zero attached hydrogens (tertiary/aromatic N) is 1. The van der Waals surface area contributed by atoms with Crippen LogP contribution in [0.3, 0.4) is 0 Å². The molecule has 0 aromatic carbocycles. The summed E-state index contributed by atoms with van der Waals surface area (Å²) in [5.74, 6) is -0.397. The lowest BCUT2D eigenvalue weighted by Crippen LogP contribution is -2.65. The minimum absolute atomic E-state index is 0. The third-order valence-corrected chi connectivity index (χ3v) is 6.51. The summed E-state index contributed by atoms with van der Waals surface area (Å²) in [4.78, 5) is 14.3. The van der Waals surface area contributed by atoms with Gasteiger partial charge in [-0.25, -0.2) is 0 Å². The van der Waals surface area contributed by atoms with Crippen molar-refractivity contribution in [2.75, 3.05) is 19.8 Å². The second kappa shape index (κ2) is 11.6. The van der Waals surface area contributed by atoms with Gasteiger partial charge in [0.1, 0.15) is 29.9 Å². The molecule has 1 amide bonds. The fourth-order valence-electron chi connectivity index (χ4n) is 3.87. The number of likely N-dealkylation sites (tertiary alicyclic amines) is 1. The number of hydrogen-bond acceptors (Lipinski definition) is 7. The molecular formula is C18H34Cl2N2O5S. The van der Waals surface area contributed by atoms with E-state index >= 15 is 0 Å². The number of likely N-dealkylation sites (N-methyl/N-ethyl adjacent to an activating group) is 1. The molecule has 0 saturated carbocycles. The van der Waals surface area contributed by atoms with Gasteiger partial charge >= 0.3 is 0 Å². The van der Waals surface area contributed by atoms with E-state index in [0.29, 0.717) is 13.0 Å². The molecule has 0 aliphatic carbocycles. The molecule has 166 valence electrons. The molecule has 0 bridgehead atoms. The van der Waals surface area contributed by atoms with Gasteiger partial charge in [-0.15, -0.1) is 35.8 Å². The molecular weight excluding hydrogens is 427 g/mol. The summed E-state index contributed by atoms with van der Waals surface area (Å²) < 4.78 is 29.1. The highest BCUT2D eigenvalue weighted by molar-refractivity contribution is 7.99. The lowest BCUT2D eigenvalue weighted by molar-refractivity contribution is -0.205. The Morgan fingerprint density at radius 1 is 1.39 bits per heavy atom. The SMILES string of the molecule is Cl.[2H]C([2H])([2H])N1C[C@H](CCC)C[C@H]1C(=O)N[C@@H]([C@H]1O[C@H](SC)[C@H](O)[C@@H](O)[C@H]1O)[C@@H](C)Cl. The number of halogens is 2. The number of hydrogen-bond donors (Lipinski definition) is 4. The number of rotatable bonds is 7. The number of carbonyl (C=O) groups excluding carboxylic acids is 1. The van der Waals surface area contributed by atoms with Crippen LogP contribution in [0.4, 0.5) is 0 Å². The molecule has 2 fully saturated rings. The number of amides is 1. The molecule has 0 aromatic rings. The summed E-state index contributed by atoms with van der Waals surface area (Å²) in [7, 11) is 0. The van der Waals surface area contributed by atoms with Crippen LogP contribution in [0.25, 0.3) is 0 Å². The average molecular weight is 464 g/mol. The van der Waals surface area contributed by atoms with E-state index in [9.17, 15) is 20.1 Å². The van der Waals surface area contributed by atoms with Crippen molar-refractivity contribution in [3.63, 3.8) is 0 Å². The quantitative estimate of drug-likeness (QED) is 0.414. The molecule has 2 saturated heterocycles. The molecule has 0 aromatic heterocycles. The Morgan fingerprint density at radius 2 is 2.07 bits per heavy atom. The first-order chi connectivity index (χ1) is 13.9. The van der Waals surface area contributed by atoms with E-state index in [-0.39, 0.29) is 18.3 Å². The van der Waals surface area contributed by atoms with Gasteiger partial charge in [0, 0.05) is 10.7 Å². The average Bonchev–Trinajstić information content (AvgIpc) is 3.09. The lowest BCUT2D eigenvalue weighted by Gasteiger charge is -2.44. The third kappa shape index (κ3) is 5.88. The number of nitrogens with one attached hydrogen (secondary N) is 1. The van der Waals surface area contributed by atoms with Crippen molar-refractivity contribution >= 4 is 41.7 Å². The van der Waals surface area contributed by atoms with Crippen molar-refractivity contribution in [1.82, 2.24) is 10.2 Å². The maximum absolute atomic E-state index is 13.1. The number of aliphatic hydroxyl groups is 3. The highest BCUT2D eigenvalue weighted by Crippen LogP contribution is 2.31. The largest absolute Gasteiger partial charge is 0.388 e. The van der Waals surface area contributed by atoms with Crippen molar-refractivity contribution in [3.8, 4) is 0 Å². The lowest BCUT2D eigenvalue weighted by atomic mass is 9.92. The summed E-state index contributed by atoms with van der Waals surface area (Å²) >= 11 is 7.46. The van der Waals surface area contributed by atoms with Gasteiger partial charge in [0.15, 0.2) is 0 Å². The standard InChI is InChI=1S/C18H33ClN2O5S.ClH/c1-5-6-10-7-11(21(3)8-10)17(25)20-12(9(2)19)16-14(23)13(22)15(24)18(26-16)27-4;/h9-16,18,22-24H,5-8H2,1-4H3,(H,20,25);1H/t9-,10-,11+,12-,13+,14-,15-,16-,18-;/m1./s1/i3D3;. The van der Waals surface area contributed by atoms with Crippen LogP contribution in [0.1, 0.15) is 37.2 Å². The molecule has 4 N–H and O–H groups in total. The predicted molar refractivity (Wildman–Crippen MR) is 114 cm³/mol. The zero-order valence-electron chi connectivity index (χ0n) is 19.3. The Labute approximate surface area is 187 Å². The second-order valence-corrected chi connectivity index (χ2v) is 9.07. The molecule has 2 rings (SSSR count). The molecule has 0 spiro atoms. The normalized spacial score (nSPS) is 40.5. The molecule has 10 heteroatoms. The first-order valence-corrected chi connectivity index (χ1v) is 11.1. The third-order valence-electron chi connectivity index (χ3n) is 5.38. The second-order valence-electron chi connectivity index (χ2n) is 7.45. The van der Waals surface area contributed by atoms with Gasteiger partial charge in [-0.2, -0.15) is 0 Å². The maximum atomic E-state index is 13.1. The minimum Gasteiger partial charge on any atom is -0.388 e. The van der Waals surface area contributed by atoms with Gasteiger partial charge < -0.3 is 25.4 Å². The van der Waals surface area contributed by atoms with Gasteiger partial charge in [0.2, 0.25) is 5.91 Å². The van der Waals surface area contributed by atoms with Crippen LogP contribution in [0.15, 0.2) is 0 Å². The molecule has 0 unspecified atom stereocenters. The Bertz CT molecular complexity index is 591. The van der Waals surface area contributed by atoms with Crippen LogP contribution in [0, 0.1) is 5.92 Å². The van der Waals surface area contributed by atoms with E-state index in [1.807, 2.05) is 6.92 Å². The molecule has 9 atom stereocenters. The number of alkyl halides is 1. The van der Waals surface area contributed by atoms with Crippen molar-refractivity contribution in [2.24, 2.45) is 5.92 Å². The van der Waals surface area contributed by atoms with Crippen LogP contribution >= 0.6 is 35.8 Å². The van der Waals surface area contributed by atoms with Crippen molar-refractivity contribution in [1.29, 1.82) is 0 Å². The summed E-state index contributed by atoms with van der Waals surface area (Å²) in [6.45, 7) is 1.54. The highest BCUT2D eigenvalue weighted by Gasteiger charge is 2.48. The Kier molecular flexibility index (Phi) is 8.84. The van der Waals surface area contributed by atoms with Crippen LogP contribution < -0.4 is 5.32 Å². The van der Waals surface area contributed by atoms with Gasteiger partial charge in [-0.1, -0.05) is 13.3 Å². The Morgan fingerprint density at radius 3 is 2.61 bits per heavy atom. The molecule has 2 heterocycles. The summed E-state index contributed by atoms with van der Waals surface area (Å²) in [5.41, 5.74) is -0.803. The van der Waals surface area contributed by atoms with Crippen LogP contribution in [-0.4, -0.2) is 93.2 Å². The minimum atomic E-state index is -2.41. The fourth-order valence-corrected chi connectivity index (χ4v) is 4.76. The van der Waals surface area contributed by atoms with Gasteiger partial charge in [0.05, 0.1) is 17.5 Å². The molecule has 2 aliphatic heterocycles. The van der Waals surface area contributed by atoms with Gasteiger partial charge in [-0.05, 0) is 38.9 Å². The Balaban J connectivity index is 0.00000480. The van der Waals surface area contributed by atoms with Crippen molar-refractivity contribution < 1.29 is 29.0 Å². The summed E-state index contributed by atoms with van der Waals surface area (Å²) in [6.07, 6.45) is -1.45. The van der Waals surface area contributed by atoms with E-state index in [1.54, 1.807) is 13.2 Å². The number of thioether (sulfide) groups is 1. The van der Waals surface area contributed by atoms with Crippen molar-refractivity contribution in [3.05, 3.63) is 0 Å². The Hall–Kier alpha value is 0.200. The summed E-state index contributed by atoms with van der Waals surface area (Å²) in [6, 6.07) is -1.74. The smallest absolute Gasteiger partial charge is 0.237 e. The van der Waals surface area contributed by atoms with Crippen LogP contribution in [0.2, 0.25) is 0 Å². The summed E-state index contributed by atoms with van der Waals surface area (Å²) in [5, 5.41) is 32.8. The van der Waals surface area contributed by atoms with E-state index < -0.39 is 60.2 Å². The first kappa shape index (κ1) is 21.4. The highest BCUT2D eigenvalue weighted by atomic mass is 35.5. The van der Waals surface area contributed by atoms with Gasteiger partial charge in [0.25, 0.3) is 0 Å². The van der Waals surface area contributed by atoms with Crippen LogP contribution in [0.5, 0.6) is 0 Å². The zero-order chi connectivity index (χ0) is 22.8. The zero-order valence-corrected chi connectivity index (χ0v) is 18.7. The molecule has 28 heavy (non-hydrogen) atoms. The van der Waals surface area contributed by atoms with Gasteiger partial charge in [-0.3, -0.25) is 9.69 Å². The van der Waals surface area contributed by atoms with E-state index in [4.69, 9.17) is 20.5 Å².